The minimum absolute atomic E-state index is 0.218. The zero-order chi connectivity index (χ0) is 13.0. The van der Waals surface area contributed by atoms with Crippen LogP contribution in [-0.2, 0) is 4.79 Å². The van der Waals surface area contributed by atoms with Crippen molar-refractivity contribution >= 4 is 5.91 Å². The molecule has 0 spiro atoms. The molecule has 1 fully saturated rings. The fourth-order valence-corrected chi connectivity index (χ4v) is 2.48. The van der Waals surface area contributed by atoms with E-state index < -0.39 is 0 Å². The Labute approximate surface area is 109 Å². The summed E-state index contributed by atoms with van der Waals surface area (Å²) in [6.07, 6.45) is 2.18. The van der Waals surface area contributed by atoms with Gasteiger partial charge in [-0.15, -0.1) is 0 Å². The first-order valence-corrected chi connectivity index (χ1v) is 6.76. The van der Waals surface area contributed by atoms with Crippen molar-refractivity contribution in [3.05, 3.63) is 35.9 Å². The number of likely N-dealkylation sites (tertiary alicyclic amines) is 1. The number of nitrogens with one attached hydrogen (secondary N) is 1. The number of hydrogen-bond acceptors (Lipinski definition) is 2. The quantitative estimate of drug-likeness (QED) is 0.884. The summed E-state index contributed by atoms with van der Waals surface area (Å²) in [5, 5.41) is 3.20. The van der Waals surface area contributed by atoms with Crippen molar-refractivity contribution in [2.24, 2.45) is 0 Å². The van der Waals surface area contributed by atoms with E-state index in [9.17, 15) is 4.79 Å². The zero-order valence-corrected chi connectivity index (χ0v) is 11.2. The molecule has 1 saturated heterocycles. The van der Waals surface area contributed by atoms with Crippen molar-refractivity contribution in [3.8, 4) is 0 Å². The first-order valence-electron chi connectivity index (χ1n) is 6.76. The fourth-order valence-electron chi connectivity index (χ4n) is 2.48. The molecule has 3 heteroatoms. The third-order valence-electron chi connectivity index (χ3n) is 3.42. The van der Waals surface area contributed by atoms with E-state index in [2.05, 4.69) is 31.3 Å². The first-order chi connectivity index (χ1) is 8.68. The van der Waals surface area contributed by atoms with Crippen LogP contribution in [-0.4, -0.2) is 29.9 Å². The summed E-state index contributed by atoms with van der Waals surface area (Å²) in [6, 6.07) is 11.0. The summed E-state index contributed by atoms with van der Waals surface area (Å²) in [5.74, 6) is 0.218. The van der Waals surface area contributed by atoms with Gasteiger partial charge in [0.15, 0.2) is 0 Å². The lowest BCUT2D eigenvalue weighted by atomic mass is 10.0. The second-order valence-electron chi connectivity index (χ2n) is 5.19. The molecule has 1 unspecified atom stereocenters. The van der Waals surface area contributed by atoms with E-state index in [1.165, 1.54) is 5.56 Å². The zero-order valence-electron chi connectivity index (χ0n) is 11.2. The van der Waals surface area contributed by atoms with E-state index in [4.69, 9.17) is 0 Å². The largest absolute Gasteiger partial charge is 0.335 e. The molecule has 0 aromatic heterocycles. The van der Waals surface area contributed by atoms with Crippen molar-refractivity contribution in [1.29, 1.82) is 0 Å². The van der Waals surface area contributed by atoms with E-state index in [1.807, 2.05) is 23.1 Å². The molecule has 1 amide bonds. The molecular formula is C15H22N2O. The Morgan fingerprint density at radius 1 is 1.39 bits per heavy atom. The Kier molecular flexibility index (Phi) is 4.37. The monoisotopic (exact) mass is 246 g/mol. The predicted molar refractivity (Wildman–Crippen MR) is 73.3 cm³/mol. The van der Waals surface area contributed by atoms with Crippen LogP contribution in [0.1, 0.15) is 38.3 Å². The lowest BCUT2D eigenvalue weighted by Crippen LogP contribution is -2.39. The van der Waals surface area contributed by atoms with Crippen molar-refractivity contribution < 1.29 is 4.79 Å². The third kappa shape index (κ3) is 3.10. The lowest BCUT2D eigenvalue weighted by molar-refractivity contribution is -0.131. The number of nitrogens with zero attached hydrogens (tertiary/aromatic N) is 1. The molecule has 1 aliphatic heterocycles. The predicted octanol–water partition coefficient (Wildman–Crippen LogP) is 2.35. The smallest absolute Gasteiger partial charge is 0.237 e. The Hall–Kier alpha value is -1.35. The van der Waals surface area contributed by atoms with Gasteiger partial charge in [0.25, 0.3) is 0 Å². The number of benzene rings is 1. The van der Waals surface area contributed by atoms with Crippen LogP contribution in [0.2, 0.25) is 0 Å². The molecular weight excluding hydrogens is 224 g/mol. The highest BCUT2D eigenvalue weighted by molar-refractivity contribution is 5.79. The second kappa shape index (κ2) is 6.01. The fraction of sp³-hybridized carbons (Fsp3) is 0.533. The van der Waals surface area contributed by atoms with Crippen LogP contribution in [0.4, 0.5) is 0 Å². The number of carbonyl (C=O) groups excluding carboxylic acids is 1. The van der Waals surface area contributed by atoms with Gasteiger partial charge in [-0.1, -0.05) is 44.2 Å². The Bertz CT molecular complexity index is 389. The van der Waals surface area contributed by atoms with E-state index >= 15 is 0 Å². The number of carbonyl (C=O) groups is 1. The molecule has 1 aromatic rings. The maximum absolute atomic E-state index is 12.2. The van der Waals surface area contributed by atoms with Crippen LogP contribution in [0, 0.1) is 0 Å². The molecule has 1 N–H and O–H groups in total. The standard InChI is InChI=1S/C15H22N2O/c1-12(2)16-11-15(18)17-10-6-9-14(17)13-7-4-3-5-8-13/h3-5,7-8,12,14,16H,6,9-11H2,1-2H3. The van der Waals surface area contributed by atoms with E-state index in [0.717, 1.165) is 19.4 Å². The molecule has 0 saturated carbocycles. The van der Waals surface area contributed by atoms with Gasteiger partial charge < -0.3 is 10.2 Å². The number of hydrogen-bond donors (Lipinski definition) is 1. The molecule has 1 aliphatic rings. The summed E-state index contributed by atoms with van der Waals surface area (Å²) in [6.45, 7) is 5.46. The van der Waals surface area contributed by atoms with E-state index in [0.29, 0.717) is 12.6 Å². The van der Waals surface area contributed by atoms with Crippen LogP contribution >= 0.6 is 0 Å². The highest BCUT2D eigenvalue weighted by Crippen LogP contribution is 2.31. The number of amides is 1. The Morgan fingerprint density at radius 3 is 2.78 bits per heavy atom. The van der Waals surface area contributed by atoms with Gasteiger partial charge in [-0.05, 0) is 18.4 Å². The Morgan fingerprint density at radius 2 is 2.11 bits per heavy atom. The van der Waals surface area contributed by atoms with Crippen molar-refractivity contribution in [1.82, 2.24) is 10.2 Å². The molecule has 0 bridgehead atoms. The average molecular weight is 246 g/mol. The van der Waals surface area contributed by atoms with E-state index in [1.54, 1.807) is 0 Å². The highest BCUT2D eigenvalue weighted by atomic mass is 16.2. The molecule has 2 rings (SSSR count). The summed E-state index contributed by atoms with van der Waals surface area (Å²) in [4.78, 5) is 14.2. The van der Waals surface area contributed by atoms with Crippen LogP contribution in [0.25, 0.3) is 0 Å². The summed E-state index contributed by atoms with van der Waals surface area (Å²) in [7, 11) is 0. The van der Waals surface area contributed by atoms with E-state index in [-0.39, 0.29) is 11.9 Å². The van der Waals surface area contributed by atoms with Crippen LogP contribution < -0.4 is 5.32 Å². The van der Waals surface area contributed by atoms with Gasteiger partial charge in [0.05, 0.1) is 12.6 Å². The van der Waals surface area contributed by atoms with Gasteiger partial charge >= 0.3 is 0 Å². The lowest BCUT2D eigenvalue weighted by Gasteiger charge is -2.25. The molecule has 0 aliphatic carbocycles. The van der Waals surface area contributed by atoms with Gasteiger partial charge in [0.2, 0.25) is 5.91 Å². The average Bonchev–Trinajstić information content (AvgIpc) is 2.86. The molecule has 1 aromatic carbocycles. The van der Waals surface area contributed by atoms with Gasteiger partial charge in [0.1, 0.15) is 0 Å². The highest BCUT2D eigenvalue weighted by Gasteiger charge is 2.29. The molecule has 3 nitrogen and oxygen atoms in total. The number of rotatable bonds is 4. The topological polar surface area (TPSA) is 32.3 Å². The maximum Gasteiger partial charge on any atom is 0.237 e. The summed E-state index contributed by atoms with van der Waals surface area (Å²) >= 11 is 0. The Balaban J connectivity index is 2.01. The van der Waals surface area contributed by atoms with Gasteiger partial charge in [-0.2, -0.15) is 0 Å². The van der Waals surface area contributed by atoms with Gasteiger partial charge in [-0.3, -0.25) is 4.79 Å². The first kappa shape index (κ1) is 13.1. The van der Waals surface area contributed by atoms with Crippen molar-refractivity contribution in [2.45, 2.75) is 38.8 Å². The maximum atomic E-state index is 12.2. The SMILES string of the molecule is CC(C)NCC(=O)N1CCCC1c1ccccc1. The minimum atomic E-state index is 0.218. The molecule has 1 heterocycles. The summed E-state index contributed by atoms with van der Waals surface area (Å²) in [5.41, 5.74) is 1.26. The molecule has 0 radical (unpaired) electrons. The van der Waals surface area contributed by atoms with Crippen molar-refractivity contribution in [3.63, 3.8) is 0 Å². The molecule has 18 heavy (non-hydrogen) atoms. The normalized spacial score (nSPS) is 19.5. The van der Waals surface area contributed by atoms with Gasteiger partial charge in [0, 0.05) is 12.6 Å². The minimum Gasteiger partial charge on any atom is -0.335 e. The molecule has 1 atom stereocenters. The van der Waals surface area contributed by atoms with Crippen molar-refractivity contribution in [2.75, 3.05) is 13.1 Å². The summed E-state index contributed by atoms with van der Waals surface area (Å²) < 4.78 is 0. The second-order valence-corrected chi connectivity index (χ2v) is 5.19. The van der Waals surface area contributed by atoms with Gasteiger partial charge in [-0.25, -0.2) is 0 Å². The van der Waals surface area contributed by atoms with Crippen LogP contribution in [0.3, 0.4) is 0 Å². The molecule has 98 valence electrons. The third-order valence-corrected chi connectivity index (χ3v) is 3.42. The van der Waals surface area contributed by atoms with Crippen LogP contribution in [0.15, 0.2) is 30.3 Å². The van der Waals surface area contributed by atoms with Crippen LogP contribution in [0.5, 0.6) is 0 Å².